The molecule has 1 saturated heterocycles. The van der Waals surface area contributed by atoms with Crippen LogP contribution in [0.4, 0.5) is 10.1 Å². The number of aromatic nitrogens is 1. The number of aliphatic carboxylic acids is 1. The zero-order valence-corrected chi connectivity index (χ0v) is 24.5. The highest BCUT2D eigenvalue weighted by atomic mass is 35.5. The molecule has 2 aliphatic rings. The Morgan fingerprint density at radius 1 is 1.17 bits per heavy atom. The van der Waals surface area contributed by atoms with Crippen molar-refractivity contribution in [3.05, 3.63) is 76.8 Å². The molecule has 0 radical (unpaired) electrons. The zero-order chi connectivity index (χ0) is 30.2. The Kier molecular flexibility index (Phi) is 8.23. The fourth-order valence-corrected chi connectivity index (χ4v) is 5.91. The summed E-state index contributed by atoms with van der Waals surface area (Å²) in [6.45, 7) is 6.22. The van der Waals surface area contributed by atoms with E-state index < -0.39 is 29.2 Å². The molecule has 0 saturated carbocycles. The van der Waals surface area contributed by atoms with Crippen LogP contribution in [0.3, 0.4) is 0 Å². The molecule has 3 heterocycles. The lowest BCUT2D eigenvalue weighted by Gasteiger charge is -2.45. The SMILES string of the molecule is C[C@H](CC(=O)O)Oc1ccccc1-c1ccc(C(=O)N2CCC(N3C(=O)C(C)(C)Cc4ncc(Cl)cc43)CC2)c(F)c1. The fraction of sp³-hybridized carbons (Fsp3) is 0.375. The average molecular weight is 594 g/mol. The first-order chi connectivity index (χ1) is 19.9. The van der Waals surface area contributed by atoms with Crippen LogP contribution in [0.15, 0.2) is 54.7 Å². The van der Waals surface area contributed by atoms with E-state index in [4.69, 9.17) is 21.4 Å². The third-order valence-electron chi connectivity index (χ3n) is 7.89. The lowest BCUT2D eigenvalue weighted by atomic mass is 9.81. The van der Waals surface area contributed by atoms with E-state index in [-0.39, 0.29) is 23.9 Å². The summed E-state index contributed by atoms with van der Waals surface area (Å²) in [5, 5.41) is 9.51. The number of anilines is 1. The van der Waals surface area contributed by atoms with Crippen LogP contribution in [0.2, 0.25) is 5.02 Å². The molecular weight excluding hydrogens is 561 g/mol. The summed E-state index contributed by atoms with van der Waals surface area (Å²) in [6.07, 6.45) is 2.45. The van der Waals surface area contributed by atoms with Crippen molar-refractivity contribution in [2.24, 2.45) is 5.41 Å². The van der Waals surface area contributed by atoms with Crippen molar-refractivity contribution < 1.29 is 28.6 Å². The molecule has 5 rings (SSSR count). The summed E-state index contributed by atoms with van der Waals surface area (Å²) in [6, 6.07) is 13.1. The van der Waals surface area contributed by atoms with E-state index >= 15 is 4.39 Å². The van der Waals surface area contributed by atoms with Crippen LogP contribution >= 0.6 is 11.6 Å². The normalized spacial score (nSPS) is 17.5. The van der Waals surface area contributed by atoms with Crippen molar-refractivity contribution >= 4 is 35.1 Å². The van der Waals surface area contributed by atoms with Gasteiger partial charge in [0, 0.05) is 42.7 Å². The van der Waals surface area contributed by atoms with Gasteiger partial charge in [0.05, 0.1) is 28.4 Å². The third-order valence-corrected chi connectivity index (χ3v) is 8.09. The Labute approximate surface area is 249 Å². The molecule has 1 N–H and O–H groups in total. The molecule has 1 fully saturated rings. The minimum atomic E-state index is -0.976. The maximum absolute atomic E-state index is 15.4. The molecule has 0 bridgehead atoms. The fourth-order valence-electron chi connectivity index (χ4n) is 5.76. The van der Waals surface area contributed by atoms with Crippen molar-refractivity contribution in [1.29, 1.82) is 0 Å². The number of pyridine rings is 1. The average Bonchev–Trinajstić information content (AvgIpc) is 2.94. The first-order valence-electron chi connectivity index (χ1n) is 14.0. The molecule has 0 spiro atoms. The van der Waals surface area contributed by atoms with Gasteiger partial charge in [-0.15, -0.1) is 0 Å². The van der Waals surface area contributed by atoms with Gasteiger partial charge in [0.25, 0.3) is 5.91 Å². The summed E-state index contributed by atoms with van der Waals surface area (Å²) in [4.78, 5) is 45.8. The molecule has 0 aliphatic carbocycles. The second-order valence-electron chi connectivity index (χ2n) is 11.6. The first kappa shape index (κ1) is 29.5. The van der Waals surface area contributed by atoms with Gasteiger partial charge in [0.1, 0.15) is 17.7 Å². The van der Waals surface area contributed by atoms with Crippen LogP contribution in [-0.2, 0) is 16.0 Å². The Morgan fingerprint density at radius 3 is 2.57 bits per heavy atom. The lowest BCUT2D eigenvalue weighted by Crippen LogP contribution is -2.55. The number of benzene rings is 2. The second-order valence-corrected chi connectivity index (χ2v) is 12.0. The highest BCUT2D eigenvalue weighted by molar-refractivity contribution is 6.30. The maximum Gasteiger partial charge on any atom is 0.307 e. The number of carbonyl (C=O) groups is 3. The standard InChI is InChI=1S/C32H33ClFN3O5/c1-19(14-29(38)39)42-28-7-5-4-6-23(28)20-8-9-24(25(34)15-20)30(40)36-12-10-22(11-13-36)37-27-16-21(33)18-35-26(27)17-32(2,3)31(37)41/h4-9,15-16,18-19,22H,10-14,17H2,1-3H3,(H,38,39)/t19-/m1/s1. The van der Waals surface area contributed by atoms with E-state index in [0.717, 1.165) is 11.4 Å². The summed E-state index contributed by atoms with van der Waals surface area (Å²) in [5.74, 6) is -1.61. The maximum atomic E-state index is 15.4. The number of hydrogen-bond donors (Lipinski definition) is 1. The van der Waals surface area contributed by atoms with Crippen LogP contribution in [0.25, 0.3) is 11.1 Å². The van der Waals surface area contributed by atoms with Gasteiger partial charge in [-0.1, -0.05) is 49.7 Å². The van der Waals surface area contributed by atoms with Crippen molar-refractivity contribution in [2.45, 2.75) is 58.6 Å². The van der Waals surface area contributed by atoms with Crippen LogP contribution < -0.4 is 9.64 Å². The molecule has 2 aromatic carbocycles. The van der Waals surface area contributed by atoms with E-state index in [1.165, 1.54) is 12.1 Å². The number of carboxylic acids is 1. The van der Waals surface area contributed by atoms with Gasteiger partial charge in [-0.25, -0.2) is 4.39 Å². The molecular formula is C32H33ClFN3O5. The topological polar surface area (TPSA) is 100 Å². The predicted octanol–water partition coefficient (Wildman–Crippen LogP) is 6.00. The summed E-state index contributed by atoms with van der Waals surface area (Å²) < 4.78 is 21.2. The first-order valence-corrected chi connectivity index (χ1v) is 14.4. The van der Waals surface area contributed by atoms with Crippen molar-refractivity contribution in [3.8, 4) is 16.9 Å². The molecule has 42 heavy (non-hydrogen) atoms. The number of fused-ring (bicyclic) bond motifs is 1. The van der Waals surface area contributed by atoms with Gasteiger partial charge >= 0.3 is 5.97 Å². The summed E-state index contributed by atoms with van der Waals surface area (Å²) in [7, 11) is 0. The van der Waals surface area contributed by atoms with Gasteiger partial charge in [0.2, 0.25) is 5.91 Å². The molecule has 8 nitrogen and oxygen atoms in total. The monoisotopic (exact) mass is 593 g/mol. The van der Waals surface area contributed by atoms with Crippen LogP contribution in [0.5, 0.6) is 5.75 Å². The van der Waals surface area contributed by atoms with E-state index in [9.17, 15) is 14.4 Å². The van der Waals surface area contributed by atoms with Crippen molar-refractivity contribution in [1.82, 2.24) is 9.88 Å². The van der Waals surface area contributed by atoms with Gasteiger partial charge in [0.15, 0.2) is 0 Å². The zero-order valence-electron chi connectivity index (χ0n) is 23.8. The number of nitrogens with zero attached hydrogens (tertiary/aromatic N) is 3. The van der Waals surface area contributed by atoms with Gasteiger partial charge in [-0.3, -0.25) is 19.4 Å². The number of hydrogen-bond acceptors (Lipinski definition) is 5. The Balaban J connectivity index is 1.30. The minimum Gasteiger partial charge on any atom is -0.489 e. The number of rotatable bonds is 7. The Hall–Kier alpha value is -3.98. The van der Waals surface area contributed by atoms with Crippen molar-refractivity contribution in [3.63, 3.8) is 0 Å². The highest BCUT2D eigenvalue weighted by Gasteiger charge is 2.43. The Bertz CT molecular complexity index is 1540. The quantitative estimate of drug-likeness (QED) is 0.360. The van der Waals surface area contributed by atoms with Gasteiger partial charge in [-0.05, 0) is 49.6 Å². The predicted molar refractivity (Wildman–Crippen MR) is 157 cm³/mol. The number of carboxylic acid groups (broad SMARTS) is 1. The van der Waals surface area contributed by atoms with E-state index in [0.29, 0.717) is 54.3 Å². The Morgan fingerprint density at radius 2 is 1.88 bits per heavy atom. The molecule has 10 heteroatoms. The highest BCUT2D eigenvalue weighted by Crippen LogP contribution is 2.40. The number of ether oxygens (including phenoxy) is 1. The minimum absolute atomic E-state index is 0.00657. The number of likely N-dealkylation sites (tertiary alicyclic amines) is 1. The molecule has 0 unspecified atom stereocenters. The molecule has 2 amide bonds. The number of amides is 2. The van der Waals surface area contributed by atoms with Crippen LogP contribution in [-0.4, -0.2) is 58.0 Å². The third kappa shape index (κ3) is 5.97. The molecule has 2 aliphatic heterocycles. The van der Waals surface area contributed by atoms with E-state index in [1.54, 1.807) is 59.3 Å². The van der Waals surface area contributed by atoms with E-state index in [1.807, 2.05) is 13.8 Å². The smallest absolute Gasteiger partial charge is 0.307 e. The number of carbonyl (C=O) groups excluding carboxylic acids is 2. The molecule has 3 aromatic rings. The van der Waals surface area contributed by atoms with Crippen LogP contribution in [0, 0.1) is 11.2 Å². The second kappa shape index (κ2) is 11.7. The summed E-state index contributed by atoms with van der Waals surface area (Å²) in [5.41, 5.74) is 2.01. The molecule has 1 aromatic heterocycles. The molecule has 220 valence electrons. The number of halogens is 2. The molecule has 1 atom stereocenters. The van der Waals surface area contributed by atoms with E-state index in [2.05, 4.69) is 4.98 Å². The number of para-hydroxylation sites is 1. The number of piperidine rings is 1. The van der Waals surface area contributed by atoms with Gasteiger partial charge in [-0.2, -0.15) is 0 Å². The largest absolute Gasteiger partial charge is 0.489 e. The lowest BCUT2D eigenvalue weighted by molar-refractivity contribution is -0.138. The van der Waals surface area contributed by atoms with Crippen molar-refractivity contribution in [2.75, 3.05) is 18.0 Å². The van der Waals surface area contributed by atoms with Crippen LogP contribution in [0.1, 0.15) is 56.1 Å². The summed E-state index contributed by atoms with van der Waals surface area (Å²) >= 11 is 6.23. The van der Waals surface area contributed by atoms with Gasteiger partial charge < -0.3 is 19.6 Å².